The number of methoxy groups -OCH3 is 1. The fourth-order valence-corrected chi connectivity index (χ4v) is 2.14. The van der Waals surface area contributed by atoms with Gasteiger partial charge in [-0.05, 0) is 48.9 Å². The Balaban J connectivity index is 2.05. The molecule has 2 aromatic carbocycles. The van der Waals surface area contributed by atoms with Crippen molar-refractivity contribution < 1.29 is 14.3 Å². The monoisotopic (exact) mass is 363 g/mol. The van der Waals surface area contributed by atoms with E-state index in [9.17, 15) is 4.79 Å². The summed E-state index contributed by atoms with van der Waals surface area (Å²) < 4.78 is 11.5. The van der Waals surface area contributed by atoms with Crippen LogP contribution in [0.1, 0.15) is 15.9 Å². The number of hydrogen-bond donors (Lipinski definition) is 1. The average molecular weight is 364 g/mol. The van der Waals surface area contributed by atoms with Gasteiger partial charge in [0, 0.05) is 22.8 Å². The lowest BCUT2D eigenvalue weighted by Gasteiger charge is -2.09. The molecule has 1 amide bonds. The lowest BCUT2D eigenvalue weighted by molar-refractivity contribution is 0.102. The van der Waals surface area contributed by atoms with Crippen molar-refractivity contribution >= 4 is 27.5 Å². The molecule has 0 heterocycles. The molecule has 2 rings (SSSR count). The standard InChI is InChI=1S/C17H18BrNO3/c1-12-10-14(6-7-16(12)18)19-17(20)13-4-3-5-15(11-13)22-9-8-21-2/h3-7,10-11H,8-9H2,1-2H3,(H,19,20). The molecular weight excluding hydrogens is 346 g/mol. The van der Waals surface area contributed by atoms with Crippen molar-refractivity contribution in [2.24, 2.45) is 0 Å². The molecule has 5 heteroatoms. The first-order valence-corrected chi connectivity index (χ1v) is 7.69. The maximum Gasteiger partial charge on any atom is 0.255 e. The number of benzene rings is 2. The molecule has 116 valence electrons. The second-order valence-electron chi connectivity index (χ2n) is 4.79. The number of ether oxygens (including phenoxy) is 2. The zero-order chi connectivity index (χ0) is 15.9. The van der Waals surface area contributed by atoms with E-state index >= 15 is 0 Å². The van der Waals surface area contributed by atoms with Gasteiger partial charge >= 0.3 is 0 Å². The Hall–Kier alpha value is -1.85. The van der Waals surface area contributed by atoms with Crippen LogP contribution in [0, 0.1) is 6.92 Å². The second-order valence-corrected chi connectivity index (χ2v) is 5.64. The molecule has 0 spiro atoms. The number of rotatable bonds is 6. The largest absolute Gasteiger partial charge is 0.491 e. The molecule has 2 aromatic rings. The number of hydrogen-bond acceptors (Lipinski definition) is 3. The van der Waals surface area contributed by atoms with Gasteiger partial charge in [0.15, 0.2) is 0 Å². The van der Waals surface area contributed by atoms with Gasteiger partial charge in [0.2, 0.25) is 0 Å². The molecule has 0 unspecified atom stereocenters. The van der Waals surface area contributed by atoms with Crippen molar-refractivity contribution in [1.82, 2.24) is 0 Å². The molecule has 0 saturated heterocycles. The number of halogens is 1. The summed E-state index contributed by atoms with van der Waals surface area (Å²) in [4.78, 5) is 12.3. The van der Waals surface area contributed by atoms with E-state index in [1.807, 2.05) is 31.2 Å². The van der Waals surface area contributed by atoms with Crippen LogP contribution in [-0.2, 0) is 4.74 Å². The Morgan fingerprint density at radius 1 is 1.18 bits per heavy atom. The van der Waals surface area contributed by atoms with E-state index in [2.05, 4.69) is 21.2 Å². The molecule has 4 nitrogen and oxygen atoms in total. The minimum absolute atomic E-state index is 0.168. The number of anilines is 1. The van der Waals surface area contributed by atoms with E-state index < -0.39 is 0 Å². The van der Waals surface area contributed by atoms with Crippen molar-refractivity contribution in [2.75, 3.05) is 25.6 Å². The van der Waals surface area contributed by atoms with Gasteiger partial charge < -0.3 is 14.8 Å². The van der Waals surface area contributed by atoms with Gasteiger partial charge in [-0.2, -0.15) is 0 Å². The van der Waals surface area contributed by atoms with Crippen molar-refractivity contribution in [3.8, 4) is 5.75 Å². The third-order valence-corrected chi connectivity index (χ3v) is 3.96. The van der Waals surface area contributed by atoms with Crippen LogP contribution in [0.4, 0.5) is 5.69 Å². The Bertz CT molecular complexity index is 658. The molecule has 0 saturated carbocycles. The summed E-state index contributed by atoms with van der Waals surface area (Å²) in [5.74, 6) is 0.482. The van der Waals surface area contributed by atoms with Gasteiger partial charge in [0.05, 0.1) is 6.61 Å². The van der Waals surface area contributed by atoms with Gasteiger partial charge in [-0.15, -0.1) is 0 Å². The normalized spacial score (nSPS) is 10.3. The number of nitrogens with one attached hydrogen (secondary N) is 1. The summed E-state index contributed by atoms with van der Waals surface area (Å²) in [6.45, 7) is 2.94. The van der Waals surface area contributed by atoms with Crippen LogP contribution in [0.2, 0.25) is 0 Å². The maximum atomic E-state index is 12.3. The fraction of sp³-hybridized carbons (Fsp3) is 0.235. The number of amides is 1. The topological polar surface area (TPSA) is 47.6 Å². The van der Waals surface area contributed by atoms with Crippen molar-refractivity contribution in [1.29, 1.82) is 0 Å². The first kappa shape index (κ1) is 16.5. The Labute approximate surface area is 138 Å². The third-order valence-electron chi connectivity index (χ3n) is 3.07. The van der Waals surface area contributed by atoms with Gasteiger partial charge in [0.1, 0.15) is 12.4 Å². The highest BCUT2D eigenvalue weighted by Gasteiger charge is 2.08. The van der Waals surface area contributed by atoms with Crippen molar-refractivity contribution in [3.63, 3.8) is 0 Å². The molecule has 0 bridgehead atoms. The van der Waals surface area contributed by atoms with E-state index in [-0.39, 0.29) is 5.91 Å². The van der Waals surface area contributed by atoms with E-state index in [1.165, 1.54) is 0 Å². The lowest BCUT2D eigenvalue weighted by atomic mass is 10.2. The number of carbonyl (C=O) groups excluding carboxylic acids is 1. The van der Waals surface area contributed by atoms with Crippen molar-refractivity contribution in [2.45, 2.75) is 6.92 Å². The van der Waals surface area contributed by atoms with Gasteiger partial charge in [0.25, 0.3) is 5.91 Å². The maximum absolute atomic E-state index is 12.3. The van der Waals surface area contributed by atoms with Crippen LogP contribution >= 0.6 is 15.9 Å². The number of carbonyl (C=O) groups is 1. The molecule has 1 N–H and O–H groups in total. The van der Waals surface area contributed by atoms with Gasteiger partial charge in [-0.1, -0.05) is 22.0 Å². The molecule has 0 aliphatic heterocycles. The van der Waals surface area contributed by atoms with Crippen molar-refractivity contribution in [3.05, 3.63) is 58.1 Å². The average Bonchev–Trinajstić information content (AvgIpc) is 2.51. The molecule has 0 aromatic heterocycles. The van der Waals surface area contributed by atoms with E-state index in [0.29, 0.717) is 24.5 Å². The predicted octanol–water partition coefficient (Wildman–Crippen LogP) is 4.04. The van der Waals surface area contributed by atoms with Crippen LogP contribution in [0.25, 0.3) is 0 Å². The summed E-state index contributed by atoms with van der Waals surface area (Å²) in [6.07, 6.45) is 0. The highest BCUT2D eigenvalue weighted by Crippen LogP contribution is 2.21. The molecule has 0 atom stereocenters. The Morgan fingerprint density at radius 3 is 2.73 bits per heavy atom. The minimum atomic E-state index is -0.168. The Morgan fingerprint density at radius 2 is 2.00 bits per heavy atom. The molecular formula is C17H18BrNO3. The summed E-state index contributed by atoms with van der Waals surface area (Å²) in [5, 5.41) is 2.88. The molecule has 0 aliphatic rings. The quantitative estimate of drug-likeness (QED) is 0.788. The zero-order valence-corrected chi connectivity index (χ0v) is 14.1. The van der Waals surface area contributed by atoms with E-state index in [0.717, 1.165) is 15.7 Å². The Kier molecular flexibility index (Phi) is 5.98. The minimum Gasteiger partial charge on any atom is -0.491 e. The summed E-state index contributed by atoms with van der Waals surface area (Å²) in [7, 11) is 1.62. The van der Waals surface area contributed by atoms with Crippen LogP contribution in [-0.4, -0.2) is 26.2 Å². The predicted molar refractivity (Wildman–Crippen MR) is 90.6 cm³/mol. The third kappa shape index (κ3) is 4.58. The van der Waals surface area contributed by atoms with E-state index in [1.54, 1.807) is 25.3 Å². The van der Waals surface area contributed by atoms with Crippen LogP contribution < -0.4 is 10.1 Å². The van der Waals surface area contributed by atoms with Crippen LogP contribution in [0.5, 0.6) is 5.75 Å². The highest BCUT2D eigenvalue weighted by atomic mass is 79.9. The fourth-order valence-electron chi connectivity index (χ4n) is 1.90. The SMILES string of the molecule is COCCOc1cccc(C(=O)Nc2ccc(Br)c(C)c2)c1. The first-order chi connectivity index (χ1) is 10.6. The number of aryl methyl sites for hydroxylation is 1. The lowest BCUT2D eigenvalue weighted by Crippen LogP contribution is -2.12. The molecule has 0 fully saturated rings. The van der Waals surface area contributed by atoms with Crippen LogP contribution in [0.3, 0.4) is 0 Å². The summed E-state index contributed by atoms with van der Waals surface area (Å²) >= 11 is 3.44. The summed E-state index contributed by atoms with van der Waals surface area (Å²) in [6, 6.07) is 12.8. The second kappa shape index (κ2) is 7.96. The van der Waals surface area contributed by atoms with Gasteiger partial charge in [-0.3, -0.25) is 4.79 Å². The van der Waals surface area contributed by atoms with Gasteiger partial charge in [-0.25, -0.2) is 0 Å². The zero-order valence-electron chi connectivity index (χ0n) is 12.6. The highest BCUT2D eigenvalue weighted by molar-refractivity contribution is 9.10. The smallest absolute Gasteiger partial charge is 0.255 e. The summed E-state index contributed by atoms with van der Waals surface area (Å²) in [5.41, 5.74) is 2.38. The molecule has 0 radical (unpaired) electrons. The molecule has 22 heavy (non-hydrogen) atoms. The molecule has 0 aliphatic carbocycles. The first-order valence-electron chi connectivity index (χ1n) is 6.89. The van der Waals surface area contributed by atoms with Crippen LogP contribution in [0.15, 0.2) is 46.9 Å². The van der Waals surface area contributed by atoms with E-state index in [4.69, 9.17) is 9.47 Å².